The first-order valence-electron chi connectivity index (χ1n) is 8.52. The molecule has 1 aromatic rings. The van der Waals surface area contributed by atoms with Gasteiger partial charge >= 0.3 is 6.03 Å². The van der Waals surface area contributed by atoms with E-state index < -0.39 is 0 Å². The van der Waals surface area contributed by atoms with Gasteiger partial charge in [0.25, 0.3) is 0 Å². The lowest BCUT2D eigenvalue weighted by atomic mass is 10.2. The molecule has 25 heavy (non-hydrogen) atoms. The number of rotatable bonds is 5. The Bertz CT molecular complexity index is 604. The zero-order valence-corrected chi connectivity index (χ0v) is 14.0. The highest BCUT2D eigenvalue weighted by atomic mass is 19.1. The second-order valence-electron chi connectivity index (χ2n) is 6.24. The molecule has 1 atom stereocenters. The topological polar surface area (TPSA) is 73.9 Å². The number of nitrogens with zero attached hydrogens (tertiary/aromatic N) is 2. The van der Waals surface area contributed by atoms with Crippen LogP contribution in [0.2, 0.25) is 0 Å². The number of nitrogens with one attached hydrogen (secondary N) is 2. The van der Waals surface area contributed by atoms with Gasteiger partial charge in [0, 0.05) is 44.8 Å². The van der Waals surface area contributed by atoms with Crippen molar-refractivity contribution in [3.8, 4) is 0 Å². The number of ether oxygens (including phenoxy) is 1. The van der Waals surface area contributed by atoms with Gasteiger partial charge in [-0.3, -0.25) is 9.69 Å². The van der Waals surface area contributed by atoms with Crippen LogP contribution in [0.25, 0.3) is 0 Å². The Labute approximate surface area is 146 Å². The SMILES string of the molecule is O=C(NCCN1CCOCC1)NC1CC(=O)N(c2ccc(F)cc2)C1. The fourth-order valence-corrected chi connectivity index (χ4v) is 3.06. The van der Waals surface area contributed by atoms with E-state index in [4.69, 9.17) is 4.74 Å². The van der Waals surface area contributed by atoms with E-state index in [1.165, 1.54) is 12.1 Å². The van der Waals surface area contributed by atoms with E-state index in [2.05, 4.69) is 15.5 Å². The highest BCUT2D eigenvalue weighted by molar-refractivity contribution is 5.96. The van der Waals surface area contributed by atoms with Crippen LogP contribution in [0.5, 0.6) is 0 Å². The second-order valence-corrected chi connectivity index (χ2v) is 6.24. The summed E-state index contributed by atoms with van der Waals surface area (Å²) in [6.07, 6.45) is 0.244. The van der Waals surface area contributed by atoms with Crippen molar-refractivity contribution in [2.45, 2.75) is 12.5 Å². The smallest absolute Gasteiger partial charge is 0.315 e. The number of urea groups is 1. The molecule has 7 nitrogen and oxygen atoms in total. The molecular weight excluding hydrogens is 327 g/mol. The third kappa shape index (κ3) is 4.90. The number of carbonyl (C=O) groups is 2. The number of anilines is 1. The molecule has 1 aromatic carbocycles. The summed E-state index contributed by atoms with van der Waals surface area (Å²) >= 11 is 0. The molecule has 2 heterocycles. The minimum atomic E-state index is -0.343. The van der Waals surface area contributed by atoms with Crippen LogP contribution in [-0.4, -0.2) is 68.8 Å². The molecule has 2 fully saturated rings. The van der Waals surface area contributed by atoms with Crippen molar-refractivity contribution < 1.29 is 18.7 Å². The number of carbonyl (C=O) groups excluding carboxylic acids is 2. The summed E-state index contributed by atoms with van der Waals surface area (Å²) in [4.78, 5) is 27.9. The van der Waals surface area contributed by atoms with Crippen LogP contribution in [-0.2, 0) is 9.53 Å². The van der Waals surface area contributed by atoms with Crippen molar-refractivity contribution in [1.29, 1.82) is 0 Å². The van der Waals surface area contributed by atoms with Gasteiger partial charge in [-0.15, -0.1) is 0 Å². The molecule has 0 aromatic heterocycles. The summed E-state index contributed by atoms with van der Waals surface area (Å²) in [6, 6.07) is 5.26. The van der Waals surface area contributed by atoms with E-state index in [1.54, 1.807) is 17.0 Å². The predicted molar refractivity (Wildman–Crippen MR) is 91.0 cm³/mol. The van der Waals surface area contributed by atoms with Crippen molar-refractivity contribution in [2.75, 3.05) is 50.8 Å². The summed E-state index contributed by atoms with van der Waals surface area (Å²) in [6.45, 7) is 4.95. The van der Waals surface area contributed by atoms with Crippen LogP contribution in [0, 0.1) is 5.82 Å². The van der Waals surface area contributed by atoms with E-state index in [0.717, 1.165) is 32.8 Å². The Morgan fingerprint density at radius 1 is 1.24 bits per heavy atom. The summed E-state index contributed by atoms with van der Waals surface area (Å²) in [5.74, 6) is -0.421. The highest BCUT2D eigenvalue weighted by Gasteiger charge is 2.31. The first-order chi connectivity index (χ1) is 12.1. The lowest BCUT2D eigenvalue weighted by molar-refractivity contribution is -0.117. The quantitative estimate of drug-likeness (QED) is 0.814. The zero-order chi connectivity index (χ0) is 17.6. The molecule has 3 rings (SSSR count). The maximum atomic E-state index is 13.0. The molecule has 136 valence electrons. The van der Waals surface area contributed by atoms with Crippen LogP contribution in [0.3, 0.4) is 0 Å². The number of amides is 3. The van der Waals surface area contributed by atoms with Gasteiger partial charge in [0.15, 0.2) is 0 Å². The number of morpholine rings is 1. The van der Waals surface area contributed by atoms with E-state index in [9.17, 15) is 14.0 Å². The number of hydrogen-bond acceptors (Lipinski definition) is 4. The van der Waals surface area contributed by atoms with Crippen LogP contribution in [0.15, 0.2) is 24.3 Å². The second kappa shape index (κ2) is 8.26. The Hall–Kier alpha value is -2.19. The Morgan fingerprint density at radius 2 is 1.96 bits per heavy atom. The van der Waals surface area contributed by atoms with Crippen molar-refractivity contribution in [1.82, 2.24) is 15.5 Å². The van der Waals surface area contributed by atoms with E-state index in [0.29, 0.717) is 18.8 Å². The zero-order valence-electron chi connectivity index (χ0n) is 14.0. The van der Waals surface area contributed by atoms with Gasteiger partial charge in [-0.1, -0.05) is 0 Å². The molecule has 2 aliphatic rings. The maximum Gasteiger partial charge on any atom is 0.315 e. The van der Waals surface area contributed by atoms with Crippen LogP contribution >= 0.6 is 0 Å². The maximum absolute atomic E-state index is 13.0. The molecule has 0 aliphatic carbocycles. The van der Waals surface area contributed by atoms with Crippen molar-refractivity contribution in [2.24, 2.45) is 0 Å². The van der Waals surface area contributed by atoms with Crippen LogP contribution < -0.4 is 15.5 Å². The largest absolute Gasteiger partial charge is 0.379 e. The molecule has 0 spiro atoms. The average Bonchev–Trinajstić information content (AvgIpc) is 2.96. The minimum absolute atomic E-state index is 0.0785. The van der Waals surface area contributed by atoms with Gasteiger partial charge in [-0.25, -0.2) is 9.18 Å². The fraction of sp³-hybridized carbons (Fsp3) is 0.529. The van der Waals surface area contributed by atoms with E-state index >= 15 is 0 Å². The highest BCUT2D eigenvalue weighted by Crippen LogP contribution is 2.21. The van der Waals surface area contributed by atoms with E-state index in [1.807, 2.05) is 0 Å². The Kier molecular flexibility index (Phi) is 5.83. The lowest BCUT2D eigenvalue weighted by Gasteiger charge is -2.26. The van der Waals surface area contributed by atoms with Crippen molar-refractivity contribution >= 4 is 17.6 Å². The van der Waals surface area contributed by atoms with Crippen molar-refractivity contribution in [3.63, 3.8) is 0 Å². The van der Waals surface area contributed by atoms with Crippen LogP contribution in [0.1, 0.15) is 6.42 Å². The van der Waals surface area contributed by atoms with Gasteiger partial charge in [-0.05, 0) is 24.3 Å². The first kappa shape index (κ1) is 17.6. The summed E-state index contributed by atoms with van der Waals surface area (Å²) in [5, 5.41) is 5.65. The molecule has 0 radical (unpaired) electrons. The van der Waals surface area contributed by atoms with Gasteiger partial charge in [0.1, 0.15) is 5.82 Å². The number of benzene rings is 1. The molecule has 1 unspecified atom stereocenters. The summed E-state index contributed by atoms with van der Waals surface area (Å²) in [5.41, 5.74) is 0.642. The minimum Gasteiger partial charge on any atom is -0.379 e. The third-order valence-electron chi connectivity index (χ3n) is 4.42. The van der Waals surface area contributed by atoms with Crippen LogP contribution in [0.4, 0.5) is 14.9 Å². The first-order valence-corrected chi connectivity index (χ1v) is 8.52. The third-order valence-corrected chi connectivity index (χ3v) is 4.42. The standard InChI is InChI=1S/C17H23FN4O3/c18-13-1-3-15(4-2-13)22-12-14(11-16(22)23)20-17(24)19-5-6-21-7-9-25-10-8-21/h1-4,14H,5-12H2,(H2,19,20,24). The van der Waals surface area contributed by atoms with E-state index in [-0.39, 0.29) is 30.2 Å². The number of halogens is 1. The van der Waals surface area contributed by atoms with Gasteiger partial charge in [-0.2, -0.15) is 0 Å². The average molecular weight is 350 g/mol. The molecule has 2 aliphatic heterocycles. The van der Waals surface area contributed by atoms with Gasteiger partial charge < -0.3 is 20.3 Å². The molecule has 8 heteroatoms. The molecular formula is C17H23FN4O3. The molecule has 3 amide bonds. The predicted octanol–water partition coefficient (Wildman–Crippen LogP) is 0.562. The summed E-state index contributed by atoms with van der Waals surface area (Å²) < 4.78 is 18.3. The number of hydrogen-bond donors (Lipinski definition) is 2. The molecule has 0 saturated carbocycles. The van der Waals surface area contributed by atoms with Crippen molar-refractivity contribution in [3.05, 3.63) is 30.1 Å². The fourth-order valence-electron chi connectivity index (χ4n) is 3.06. The molecule has 0 bridgehead atoms. The molecule has 2 N–H and O–H groups in total. The Balaban J connectivity index is 1.41. The monoisotopic (exact) mass is 350 g/mol. The Morgan fingerprint density at radius 3 is 2.68 bits per heavy atom. The van der Waals surface area contributed by atoms with Gasteiger partial charge in [0.05, 0.1) is 19.3 Å². The van der Waals surface area contributed by atoms with Gasteiger partial charge in [0.2, 0.25) is 5.91 Å². The summed E-state index contributed by atoms with van der Waals surface area (Å²) in [7, 11) is 0. The normalized spacial score (nSPS) is 21.4. The molecule has 2 saturated heterocycles. The lowest BCUT2D eigenvalue weighted by Crippen LogP contribution is -2.46.